The third-order valence-corrected chi connectivity index (χ3v) is 4.32. The molecule has 0 radical (unpaired) electrons. The number of rotatable bonds is 4. The maximum absolute atomic E-state index is 12.1. The molecule has 2 atom stereocenters. The average Bonchev–Trinajstić information content (AvgIpc) is 2.97. The predicted molar refractivity (Wildman–Crippen MR) is 76.6 cm³/mol. The molecule has 0 aromatic heterocycles. The zero-order valence-corrected chi connectivity index (χ0v) is 11.8. The minimum Gasteiger partial charge on any atom is -0.350 e. The molecule has 1 saturated carbocycles. The minimum atomic E-state index is -0.0797. The van der Waals surface area contributed by atoms with Gasteiger partial charge in [0.05, 0.1) is 12.7 Å². The zero-order chi connectivity index (χ0) is 13.8. The van der Waals surface area contributed by atoms with Crippen molar-refractivity contribution < 1.29 is 14.3 Å². The second-order valence-electron chi connectivity index (χ2n) is 5.85. The first-order chi connectivity index (χ1) is 9.83. The first-order valence-corrected chi connectivity index (χ1v) is 7.68. The third-order valence-electron chi connectivity index (χ3n) is 4.32. The van der Waals surface area contributed by atoms with Gasteiger partial charge in [0, 0.05) is 17.9 Å². The van der Waals surface area contributed by atoms with Crippen LogP contribution < -0.4 is 0 Å². The van der Waals surface area contributed by atoms with E-state index in [0.29, 0.717) is 18.9 Å². The number of carbonyl (C=O) groups excluding carboxylic acids is 1. The van der Waals surface area contributed by atoms with E-state index < -0.39 is 0 Å². The van der Waals surface area contributed by atoms with Crippen molar-refractivity contribution in [3.05, 3.63) is 35.9 Å². The van der Waals surface area contributed by atoms with Crippen LogP contribution >= 0.6 is 0 Å². The number of benzene rings is 1. The smallest absolute Gasteiger partial charge is 0.165 e. The van der Waals surface area contributed by atoms with Gasteiger partial charge in [-0.05, 0) is 12.8 Å². The Hall–Kier alpha value is -1.19. The molecule has 108 valence electrons. The quantitative estimate of drug-likeness (QED) is 0.787. The van der Waals surface area contributed by atoms with E-state index in [0.717, 1.165) is 5.56 Å². The largest absolute Gasteiger partial charge is 0.350 e. The van der Waals surface area contributed by atoms with Gasteiger partial charge < -0.3 is 9.47 Å². The molecule has 2 aliphatic rings. The lowest BCUT2D eigenvalue weighted by molar-refractivity contribution is -0.104. The van der Waals surface area contributed by atoms with Gasteiger partial charge in [0.1, 0.15) is 0 Å². The van der Waals surface area contributed by atoms with Crippen molar-refractivity contribution in [1.29, 1.82) is 0 Å². The molecule has 3 heteroatoms. The van der Waals surface area contributed by atoms with Crippen LogP contribution in [0.15, 0.2) is 30.3 Å². The lowest BCUT2D eigenvalue weighted by Gasteiger charge is -2.26. The molecular formula is C17H22O3. The van der Waals surface area contributed by atoms with Gasteiger partial charge in [-0.1, -0.05) is 49.6 Å². The third kappa shape index (κ3) is 3.28. The highest BCUT2D eigenvalue weighted by atomic mass is 16.7. The molecule has 0 unspecified atom stereocenters. The number of ketones is 1. The Labute approximate surface area is 120 Å². The van der Waals surface area contributed by atoms with Crippen molar-refractivity contribution in [1.82, 2.24) is 0 Å². The maximum Gasteiger partial charge on any atom is 0.165 e. The van der Waals surface area contributed by atoms with Gasteiger partial charge in [-0.3, -0.25) is 4.79 Å². The first kappa shape index (κ1) is 13.8. The molecule has 3 nitrogen and oxygen atoms in total. The molecule has 2 fully saturated rings. The van der Waals surface area contributed by atoms with Crippen LogP contribution in [0.1, 0.15) is 48.9 Å². The van der Waals surface area contributed by atoms with Crippen molar-refractivity contribution >= 4 is 5.78 Å². The van der Waals surface area contributed by atoms with Gasteiger partial charge >= 0.3 is 0 Å². The fourth-order valence-corrected chi connectivity index (χ4v) is 3.18. The second kappa shape index (κ2) is 6.51. The normalized spacial score (nSPS) is 27.6. The van der Waals surface area contributed by atoms with Crippen LogP contribution in [-0.4, -0.2) is 24.8 Å². The van der Waals surface area contributed by atoms with E-state index in [4.69, 9.17) is 9.47 Å². The van der Waals surface area contributed by atoms with Crippen LogP contribution in [0.3, 0.4) is 0 Å². The summed E-state index contributed by atoms with van der Waals surface area (Å²) in [7, 11) is 0. The highest BCUT2D eigenvalue weighted by Crippen LogP contribution is 2.32. The monoisotopic (exact) mass is 274 g/mol. The highest BCUT2D eigenvalue weighted by molar-refractivity contribution is 5.96. The van der Waals surface area contributed by atoms with E-state index in [2.05, 4.69) is 0 Å². The summed E-state index contributed by atoms with van der Waals surface area (Å²) < 4.78 is 11.7. The molecule has 0 amide bonds. The van der Waals surface area contributed by atoms with E-state index in [-0.39, 0.29) is 18.2 Å². The van der Waals surface area contributed by atoms with E-state index in [1.165, 1.54) is 32.1 Å². The van der Waals surface area contributed by atoms with Gasteiger partial charge in [-0.25, -0.2) is 0 Å². The van der Waals surface area contributed by atoms with Crippen LogP contribution in [0.4, 0.5) is 0 Å². The van der Waals surface area contributed by atoms with Gasteiger partial charge in [0.2, 0.25) is 0 Å². The highest BCUT2D eigenvalue weighted by Gasteiger charge is 2.34. The van der Waals surface area contributed by atoms with E-state index in [1.807, 2.05) is 30.3 Å². The Kier molecular flexibility index (Phi) is 4.48. The fourth-order valence-electron chi connectivity index (χ4n) is 3.18. The zero-order valence-electron chi connectivity index (χ0n) is 11.8. The number of hydrogen-bond acceptors (Lipinski definition) is 3. The second-order valence-corrected chi connectivity index (χ2v) is 5.85. The summed E-state index contributed by atoms with van der Waals surface area (Å²) in [4.78, 5) is 12.1. The summed E-state index contributed by atoms with van der Waals surface area (Å²) in [5, 5.41) is 0. The summed E-state index contributed by atoms with van der Waals surface area (Å²) in [6.45, 7) is 0.555. The molecule has 0 N–H and O–H groups in total. The van der Waals surface area contributed by atoms with E-state index in [9.17, 15) is 4.79 Å². The summed E-state index contributed by atoms with van der Waals surface area (Å²) >= 11 is 0. The molecule has 3 rings (SSSR count). The molecule has 0 spiro atoms. The lowest BCUT2D eigenvalue weighted by Crippen LogP contribution is -2.25. The number of ether oxygens (including phenoxy) is 2. The number of carbonyl (C=O) groups is 1. The van der Waals surface area contributed by atoms with Crippen LogP contribution in [-0.2, 0) is 9.47 Å². The van der Waals surface area contributed by atoms with Crippen molar-refractivity contribution in [2.75, 3.05) is 6.61 Å². The molecule has 1 aromatic rings. The summed E-state index contributed by atoms with van der Waals surface area (Å²) in [6, 6.07) is 9.42. The minimum absolute atomic E-state index is 0.0744. The van der Waals surface area contributed by atoms with Crippen molar-refractivity contribution in [2.24, 2.45) is 5.92 Å². The van der Waals surface area contributed by atoms with Crippen LogP contribution in [0.5, 0.6) is 0 Å². The topological polar surface area (TPSA) is 35.5 Å². The first-order valence-electron chi connectivity index (χ1n) is 7.68. The fraction of sp³-hybridized carbons (Fsp3) is 0.588. The molecule has 20 heavy (non-hydrogen) atoms. The molecule has 1 aliphatic heterocycles. The summed E-state index contributed by atoms with van der Waals surface area (Å²) in [5.74, 6) is 0.670. The molecule has 1 saturated heterocycles. The Morgan fingerprint density at radius 2 is 1.85 bits per heavy atom. The van der Waals surface area contributed by atoms with Gasteiger partial charge in [0.15, 0.2) is 12.1 Å². The van der Waals surface area contributed by atoms with Crippen LogP contribution in [0.25, 0.3) is 0 Å². The molecule has 1 aliphatic carbocycles. The Morgan fingerprint density at radius 1 is 1.10 bits per heavy atom. The number of Topliss-reactive ketones (excluding diaryl/α,β-unsaturated/α-hetero) is 1. The number of hydrogen-bond donors (Lipinski definition) is 0. The van der Waals surface area contributed by atoms with Crippen LogP contribution in [0, 0.1) is 5.92 Å². The molecular weight excluding hydrogens is 252 g/mol. The van der Waals surface area contributed by atoms with E-state index >= 15 is 0 Å². The molecule has 0 bridgehead atoms. The molecule has 1 heterocycles. The van der Waals surface area contributed by atoms with Gasteiger partial charge in [-0.2, -0.15) is 0 Å². The predicted octanol–water partition coefficient (Wildman–Crippen LogP) is 3.58. The van der Waals surface area contributed by atoms with Gasteiger partial charge in [0.25, 0.3) is 0 Å². The SMILES string of the molecule is O=C(C[C@H]1CO[C@H](C2CCCCC2)O1)c1ccccc1. The van der Waals surface area contributed by atoms with Crippen molar-refractivity contribution in [2.45, 2.75) is 50.9 Å². The average molecular weight is 274 g/mol. The Morgan fingerprint density at radius 3 is 2.60 bits per heavy atom. The Balaban J connectivity index is 1.51. The van der Waals surface area contributed by atoms with Crippen molar-refractivity contribution in [3.63, 3.8) is 0 Å². The van der Waals surface area contributed by atoms with Crippen molar-refractivity contribution in [3.8, 4) is 0 Å². The Bertz CT molecular complexity index is 437. The lowest BCUT2D eigenvalue weighted by atomic mass is 9.89. The maximum atomic E-state index is 12.1. The standard InChI is InChI=1S/C17H22O3/c18-16(13-7-3-1-4-8-13)11-15-12-19-17(20-15)14-9-5-2-6-10-14/h1,3-4,7-8,14-15,17H,2,5-6,9-12H2/t15-,17-/m0/s1. The van der Waals surface area contributed by atoms with Crippen LogP contribution in [0.2, 0.25) is 0 Å². The summed E-state index contributed by atoms with van der Waals surface area (Å²) in [6.07, 6.45) is 6.56. The molecule has 1 aromatic carbocycles. The van der Waals surface area contributed by atoms with E-state index in [1.54, 1.807) is 0 Å². The summed E-state index contributed by atoms with van der Waals surface area (Å²) in [5.41, 5.74) is 0.761. The van der Waals surface area contributed by atoms with Gasteiger partial charge in [-0.15, -0.1) is 0 Å².